The van der Waals surface area contributed by atoms with Gasteiger partial charge in [-0.3, -0.25) is 0 Å². The van der Waals surface area contributed by atoms with Crippen LogP contribution in [0.5, 0.6) is 5.75 Å². The highest BCUT2D eigenvalue weighted by Crippen LogP contribution is 2.35. The summed E-state index contributed by atoms with van der Waals surface area (Å²) >= 11 is 6.21. The fourth-order valence-electron chi connectivity index (χ4n) is 2.74. The first-order chi connectivity index (χ1) is 9.93. The third-order valence-electron chi connectivity index (χ3n) is 3.73. The number of fused-ring (bicyclic) bond motifs is 1. The summed E-state index contributed by atoms with van der Waals surface area (Å²) in [5.41, 5.74) is 4.62. The first-order valence-corrected chi connectivity index (χ1v) is 7.62. The summed E-state index contributed by atoms with van der Waals surface area (Å²) in [5, 5.41) is 4.16. The molecular formula is C18H20ClNO. The summed E-state index contributed by atoms with van der Waals surface area (Å²) in [6.45, 7) is 7.07. The molecule has 1 aliphatic rings. The monoisotopic (exact) mass is 301 g/mol. The molecule has 0 aliphatic carbocycles. The summed E-state index contributed by atoms with van der Waals surface area (Å²) in [4.78, 5) is 0. The van der Waals surface area contributed by atoms with E-state index in [4.69, 9.17) is 16.3 Å². The van der Waals surface area contributed by atoms with Crippen molar-refractivity contribution in [1.82, 2.24) is 0 Å². The van der Waals surface area contributed by atoms with Gasteiger partial charge in [0.25, 0.3) is 0 Å². The molecule has 2 nitrogen and oxygen atoms in total. The van der Waals surface area contributed by atoms with Crippen LogP contribution in [0.4, 0.5) is 5.69 Å². The number of hydrogen-bond donors (Lipinski definition) is 1. The highest BCUT2D eigenvalue weighted by Gasteiger charge is 2.29. The van der Waals surface area contributed by atoms with Crippen molar-refractivity contribution in [2.45, 2.75) is 39.3 Å². The number of halogens is 1. The number of anilines is 1. The predicted molar refractivity (Wildman–Crippen MR) is 88.4 cm³/mol. The maximum Gasteiger partial charge on any atom is 0.123 e. The van der Waals surface area contributed by atoms with E-state index in [9.17, 15) is 0 Å². The number of rotatable bonds is 3. The molecule has 0 saturated heterocycles. The third-order valence-corrected chi connectivity index (χ3v) is 4.06. The van der Waals surface area contributed by atoms with Crippen molar-refractivity contribution in [3.05, 3.63) is 58.1 Å². The molecule has 2 aromatic carbocycles. The van der Waals surface area contributed by atoms with E-state index in [2.05, 4.69) is 50.4 Å². The van der Waals surface area contributed by atoms with Gasteiger partial charge < -0.3 is 10.1 Å². The molecule has 0 aromatic heterocycles. The molecule has 0 bridgehead atoms. The Morgan fingerprint density at radius 2 is 2.00 bits per heavy atom. The molecule has 3 rings (SSSR count). The Labute approximate surface area is 131 Å². The predicted octanol–water partition coefficient (Wildman–Crippen LogP) is 4.97. The molecule has 0 unspecified atom stereocenters. The fourth-order valence-corrected chi connectivity index (χ4v) is 2.93. The third kappa shape index (κ3) is 3.16. The summed E-state index contributed by atoms with van der Waals surface area (Å²) in [6, 6.07) is 12.4. The van der Waals surface area contributed by atoms with Gasteiger partial charge in [0.05, 0.1) is 10.7 Å². The van der Waals surface area contributed by atoms with Crippen LogP contribution in [0.3, 0.4) is 0 Å². The zero-order valence-corrected chi connectivity index (χ0v) is 13.4. The summed E-state index contributed by atoms with van der Waals surface area (Å²) in [5.74, 6) is 1.01. The van der Waals surface area contributed by atoms with Crippen LogP contribution in [-0.2, 0) is 13.0 Å². The van der Waals surface area contributed by atoms with Crippen molar-refractivity contribution in [2.75, 3.05) is 5.32 Å². The molecule has 0 radical (unpaired) electrons. The Balaban J connectivity index is 1.74. The van der Waals surface area contributed by atoms with Gasteiger partial charge in [-0.25, -0.2) is 0 Å². The van der Waals surface area contributed by atoms with Crippen molar-refractivity contribution in [3.63, 3.8) is 0 Å². The molecule has 1 aliphatic heterocycles. The molecule has 3 heteroatoms. The summed E-state index contributed by atoms with van der Waals surface area (Å²) in [7, 11) is 0. The van der Waals surface area contributed by atoms with Gasteiger partial charge in [-0.2, -0.15) is 0 Å². The SMILES string of the molecule is Cc1ccc(Cl)c(NCc2ccc3c(c2)CC(C)(C)O3)c1. The minimum Gasteiger partial charge on any atom is -0.487 e. The standard InChI is InChI=1S/C18H20ClNO/c1-12-4-6-15(19)16(8-12)20-11-13-5-7-17-14(9-13)10-18(2,3)21-17/h4-9,20H,10-11H2,1-3H3. The summed E-state index contributed by atoms with van der Waals surface area (Å²) in [6.07, 6.45) is 0.960. The van der Waals surface area contributed by atoms with Gasteiger partial charge in [-0.05, 0) is 55.7 Å². The van der Waals surface area contributed by atoms with E-state index in [0.717, 1.165) is 29.4 Å². The lowest BCUT2D eigenvalue weighted by molar-refractivity contribution is 0.138. The molecule has 0 saturated carbocycles. The van der Waals surface area contributed by atoms with E-state index >= 15 is 0 Å². The first kappa shape index (κ1) is 14.3. The molecular weight excluding hydrogens is 282 g/mol. The lowest BCUT2D eigenvalue weighted by Gasteiger charge is -2.16. The van der Waals surface area contributed by atoms with Gasteiger partial charge >= 0.3 is 0 Å². The van der Waals surface area contributed by atoms with Crippen LogP contribution >= 0.6 is 11.6 Å². The Bertz CT molecular complexity index is 679. The van der Waals surface area contributed by atoms with Crippen LogP contribution < -0.4 is 10.1 Å². The molecule has 0 atom stereocenters. The molecule has 1 N–H and O–H groups in total. The smallest absolute Gasteiger partial charge is 0.123 e. The van der Waals surface area contributed by atoms with Crippen molar-refractivity contribution in [1.29, 1.82) is 0 Å². The molecule has 0 spiro atoms. The second-order valence-corrected chi connectivity index (χ2v) is 6.72. The lowest BCUT2D eigenvalue weighted by Crippen LogP contribution is -2.24. The highest BCUT2D eigenvalue weighted by atomic mass is 35.5. The van der Waals surface area contributed by atoms with Gasteiger partial charge in [-0.15, -0.1) is 0 Å². The van der Waals surface area contributed by atoms with Crippen molar-refractivity contribution < 1.29 is 4.74 Å². The molecule has 2 aromatic rings. The minimum absolute atomic E-state index is 0.0891. The van der Waals surface area contributed by atoms with Crippen LogP contribution in [0.15, 0.2) is 36.4 Å². The molecule has 21 heavy (non-hydrogen) atoms. The van der Waals surface area contributed by atoms with Gasteiger partial charge in [0, 0.05) is 13.0 Å². The number of hydrogen-bond acceptors (Lipinski definition) is 2. The van der Waals surface area contributed by atoms with Crippen LogP contribution in [-0.4, -0.2) is 5.60 Å². The number of nitrogens with one attached hydrogen (secondary N) is 1. The normalized spacial score (nSPS) is 15.4. The molecule has 0 amide bonds. The second-order valence-electron chi connectivity index (χ2n) is 6.32. The minimum atomic E-state index is -0.0891. The molecule has 110 valence electrons. The maximum atomic E-state index is 6.21. The topological polar surface area (TPSA) is 21.3 Å². The zero-order chi connectivity index (χ0) is 15.0. The van der Waals surface area contributed by atoms with Crippen LogP contribution in [0.1, 0.15) is 30.5 Å². The average Bonchev–Trinajstić information content (AvgIpc) is 2.72. The van der Waals surface area contributed by atoms with Gasteiger partial charge in [0.15, 0.2) is 0 Å². The maximum absolute atomic E-state index is 6.21. The average molecular weight is 302 g/mol. The summed E-state index contributed by atoms with van der Waals surface area (Å²) < 4.78 is 5.91. The Hall–Kier alpha value is -1.67. The van der Waals surface area contributed by atoms with E-state index in [1.807, 2.05) is 12.1 Å². The highest BCUT2D eigenvalue weighted by molar-refractivity contribution is 6.33. The quantitative estimate of drug-likeness (QED) is 0.864. The van der Waals surface area contributed by atoms with E-state index in [0.29, 0.717) is 0 Å². The van der Waals surface area contributed by atoms with Crippen LogP contribution in [0.25, 0.3) is 0 Å². The number of aryl methyl sites for hydroxylation is 1. The van der Waals surface area contributed by atoms with Gasteiger partial charge in [-0.1, -0.05) is 29.8 Å². The van der Waals surface area contributed by atoms with Gasteiger partial charge in [0.2, 0.25) is 0 Å². The number of ether oxygens (including phenoxy) is 1. The van der Waals surface area contributed by atoms with Crippen LogP contribution in [0.2, 0.25) is 5.02 Å². The van der Waals surface area contributed by atoms with E-state index in [-0.39, 0.29) is 5.60 Å². The Morgan fingerprint density at radius 1 is 1.19 bits per heavy atom. The number of benzene rings is 2. The lowest BCUT2D eigenvalue weighted by atomic mass is 10.0. The van der Waals surface area contributed by atoms with Gasteiger partial charge in [0.1, 0.15) is 11.4 Å². The fraction of sp³-hybridized carbons (Fsp3) is 0.333. The Kier molecular flexibility index (Phi) is 3.58. The molecule has 0 fully saturated rings. The van der Waals surface area contributed by atoms with Crippen molar-refractivity contribution in [3.8, 4) is 5.75 Å². The zero-order valence-electron chi connectivity index (χ0n) is 12.7. The van der Waals surface area contributed by atoms with Crippen LogP contribution in [0, 0.1) is 6.92 Å². The van der Waals surface area contributed by atoms with E-state index in [1.54, 1.807) is 0 Å². The van der Waals surface area contributed by atoms with E-state index in [1.165, 1.54) is 16.7 Å². The van der Waals surface area contributed by atoms with Crippen molar-refractivity contribution >= 4 is 17.3 Å². The van der Waals surface area contributed by atoms with Crippen molar-refractivity contribution in [2.24, 2.45) is 0 Å². The Morgan fingerprint density at radius 3 is 2.81 bits per heavy atom. The largest absolute Gasteiger partial charge is 0.487 e. The van der Waals surface area contributed by atoms with E-state index < -0.39 is 0 Å². The second kappa shape index (κ2) is 5.27. The first-order valence-electron chi connectivity index (χ1n) is 7.24. The molecule has 1 heterocycles.